The van der Waals surface area contributed by atoms with Gasteiger partial charge in [0.1, 0.15) is 0 Å². The number of nitrogens with one attached hydrogen (secondary N) is 1. The van der Waals surface area contributed by atoms with Crippen LogP contribution in [0.15, 0.2) is 0 Å². The third-order valence-electron chi connectivity index (χ3n) is 1.83. The predicted octanol–water partition coefficient (Wildman–Crippen LogP) is 1.02. The molecule has 0 spiro atoms. The molecule has 0 saturated heterocycles. The minimum absolute atomic E-state index is 0. The summed E-state index contributed by atoms with van der Waals surface area (Å²) in [4.78, 5) is 0. The molecular weight excluding hydrogens is 114 g/mol. The Morgan fingerprint density at radius 1 is 1.67 bits per heavy atom. The van der Waals surface area contributed by atoms with Crippen molar-refractivity contribution in [1.82, 2.24) is 5.32 Å². The van der Waals surface area contributed by atoms with E-state index in [9.17, 15) is 0 Å². The number of likely N-dealkylation sites (N-methyl/N-ethyl adjacent to an activating group) is 1. The highest BCUT2D eigenvalue weighted by Crippen LogP contribution is 2.34. The van der Waals surface area contributed by atoms with Crippen molar-refractivity contribution in [3.05, 3.63) is 0 Å². The molecule has 1 N–H and O–H groups in total. The maximum absolute atomic E-state index is 5.06. The molecular formula is C7H17NO. The van der Waals surface area contributed by atoms with E-state index >= 15 is 0 Å². The lowest BCUT2D eigenvalue weighted by atomic mass is 10.3. The van der Waals surface area contributed by atoms with E-state index in [4.69, 9.17) is 4.74 Å². The summed E-state index contributed by atoms with van der Waals surface area (Å²) in [7, 11) is 1.76. The van der Waals surface area contributed by atoms with E-state index in [1.807, 2.05) is 0 Å². The van der Waals surface area contributed by atoms with Crippen LogP contribution in [0.4, 0.5) is 0 Å². The third-order valence-corrected chi connectivity index (χ3v) is 1.83. The van der Waals surface area contributed by atoms with Crippen LogP contribution in [-0.2, 0) is 4.74 Å². The number of ether oxygens (including phenoxy) is 1. The molecule has 0 bridgehead atoms. The number of rotatable bonds is 4. The van der Waals surface area contributed by atoms with Crippen LogP contribution in [0.2, 0.25) is 0 Å². The van der Waals surface area contributed by atoms with Gasteiger partial charge in [-0.25, -0.2) is 0 Å². The van der Waals surface area contributed by atoms with Crippen molar-refractivity contribution in [2.24, 2.45) is 0 Å². The smallest absolute Gasteiger partial charge is 0.0644 e. The van der Waals surface area contributed by atoms with Gasteiger partial charge in [-0.2, -0.15) is 0 Å². The first kappa shape index (κ1) is 7.03. The van der Waals surface area contributed by atoms with Gasteiger partial charge in [0.25, 0.3) is 0 Å². The second kappa shape index (κ2) is 2.67. The zero-order valence-electron chi connectivity index (χ0n) is 6.24. The maximum atomic E-state index is 5.06. The minimum Gasteiger partial charge on any atom is -0.383 e. The fourth-order valence-corrected chi connectivity index (χ4v) is 1.17. The molecule has 1 rings (SSSR count). The molecule has 0 unspecified atom stereocenters. The van der Waals surface area contributed by atoms with E-state index in [0.717, 1.165) is 13.2 Å². The van der Waals surface area contributed by atoms with Gasteiger partial charge in [-0.3, -0.25) is 0 Å². The van der Waals surface area contributed by atoms with Gasteiger partial charge in [0.05, 0.1) is 6.61 Å². The maximum Gasteiger partial charge on any atom is 0.0644 e. The van der Waals surface area contributed by atoms with Crippen LogP contribution in [0.5, 0.6) is 0 Å². The van der Waals surface area contributed by atoms with Crippen LogP contribution in [0.3, 0.4) is 0 Å². The van der Waals surface area contributed by atoms with Gasteiger partial charge in [-0.15, -0.1) is 0 Å². The quantitative estimate of drug-likeness (QED) is 0.615. The first-order valence-corrected chi connectivity index (χ1v) is 3.57. The van der Waals surface area contributed by atoms with Crippen LogP contribution in [-0.4, -0.2) is 25.8 Å². The van der Waals surface area contributed by atoms with Crippen molar-refractivity contribution < 1.29 is 6.16 Å². The molecule has 1 fully saturated rings. The van der Waals surface area contributed by atoms with E-state index in [-0.39, 0.29) is 1.43 Å². The number of hydrogen-bond acceptors (Lipinski definition) is 2. The Kier molecular flexibility index (Phi) is 2.09. The summed E-state index contributed by atoms with van der Waals surface area (Å²) in [5.74, 6) is 0. The van der Waals surface area contributed by atoms with Crippen LogP contribution in [0.25, 0.3) is 0 Å². The Bertz CT molecular complexity index is 85.6. The van der Waals surface area contributed by atoms with Gasteiger partial charge in [-0.1, -0.05) is 6.92 Å². The lowest BCUT2D eigenvalue weighted by Crippen LogP contribution is -2.35. The topological polar surface area (TPSA) is 21.3 Å². The molecule has 0 aromatic heterocycles. The van der Waals surface area contributed by atoms with Gasteiger partial charge in [-0.05, 0) is 19.4 Å². The lowest BCUT2D eigenvalue weighted by molar-refractivity contribution is 0.158. The monoisotopic (exact) mass is 131 g/mol. The predicted molar refractivity (Wildman–Crippen MR) is 39.6 cm³/mol. The molecule has 0 aromatic carbocycles. The lowest BCUT2D eigenvalue weighted by Gasteiger charge is -2.13. The zero-order valence-corrected chi connectivity index (χ0v) is 6.24. The van der Waals surface area contributed by atoms with Crippen LogP contribution in [0, 0.1) is 0 Å². The van der Waals surface area contributed by atoms with E-state index in [2.05, 4.69) is 12.2 Å². The number of methoxy groups -OCH3 is 1. The molecule has 0 radical (unpaired) electrons. The Hall–Kier alpha value is -0.0800. The second-order valence-electron chi connectivity index (χ2n) is 2.74. The molecule has 1 aliphatic rings. The summed E-state index contributed by atoms with van der Waals surface area (Å²) in [6.07, 6.45) is 2.57. The molecule has 9 heavy (non-hydrogen) atoms. The summed E-state index contributed by atoms with van der Waals surface area (Å²) < 4.78 is 5.06. The molecule has 1 saturated carbocycles. The molecule has 0 heterocycles. The second-order valence-corrected chi connectivity index (χ2v) is 2.74. The molecule has 0 atom stereocenters. The van der Waals surface area contributed by atoms with E-state index in [1.165, 1.54) is 12.8 Å². The van der Waals surface area contributed by atoms with E-state index < -0.39 is 0 Å². The molecule has 0 aromatic rings. The Morgan fingerprint density at radius 3 is 2.67 bits per heavy atom. The Labute approximate surface area is 58.1 Å². The zero-order chi connectivity index (χ0) is 6.74. The fraction of sp³-hybridized carbons (Fsp3) is 1.00. The fourth-order valence-electron chi connectivity index (χ4n) is 1.17. The molecule has 0 amide bonds. The van der Waals surface area contributed by atoms with Crippen molar-refractivity contribution in [1.29, 1.82) is 0 Å². The summed E-state index contributed by atoms with van der Waals surface area (Å²) in [6, 6.07) is 0. The highest BCUT2D eigenvalue weighted by atomic mass is 16.5. The van der Waals surface area contributed by atoms with Gasteiger partial charge in [0.15, 0.2) is 0 Å². The SMILES string of the molecule is CCNC1(COC)CC1.[HH]. The van der Waals surface area contributed by atoms with Crippen LogP contribution < -0.4 is 5.32 Å². The van der Waals surface area contributed by atoms with Crippen molar-refractivity contribution in [3.63, 3.8) is 0 Å². The van der Waals surface area contributed by atoms with Crippen LogP contribution >= 0.6 is 0 Å². The highest BCUT2D eigenvalue weighted by Gasteiger charge is 2.41. The largest absolute Gasteiger partial charge is 0.383 e. The average molecular weight is 131 g/mol. The summed E-state index contributed by atoms with van der Waals surface area (Å²) >= 11 is 0. The summed E-state index contributed by atoms with van der Waals surface area (Å²) in [6.45, 7) is 4.07. The molecule has 56 valence electrons. The molecule has 2 heteroatoms. The summed E-state index contributed by atoms with van der Waals surface area (Å²) in [5, 5.41) is 3.41. The Balaban J connectivity index is 0.000000810. The minimum atomic E-state index is 0. The first-order chi connectivity index (χ1) is 4.33. The van der Waals surface area contributed by atoms with E-state index in [0.29, 0.717) is 5.54 Å². The third kappa shape index (κ3) is 1.66. The highest BCUT2D eigenvalue weighted by molar-refractivity contribution is 5.01. The van der Waals surface area contributed by atoms with Crippen molar-refractivity contribution >= 4 is 0 Å². The number of hydrogen-bond donors (Lipinski definition) is 1. The average Bonchev–Trinajstić information content (AvgIpc) is 2.51. The summed E-state index contributed by atoms with van der Waals surface area (Å²) in [5.41, 5.74) is 0.378. The van der Waals surface area contributed by atoms with Crippen molar-refractivity contribution in [2.75, 3.05) is 20.3 Å². The van der Waals surface area contributed by atoms with Crippen LogP contribution in [0.1, 0.15) is 21.2 Å². The van der Waals surface area contributed by atoms with E-state index in [1.54, 1.807) is 7.11 Å². The Morgan fingerprint density at radius 2 is 2.33 bits per heavy atom. The van der Waals surface area contributed by atoms with Gasteiger partial charge in [0.2, 0.25) is 0 Å². The van der Waals surface area contributed by atoms with Gasteiger partial charge in [0, 0.05) is 14.1 Å². The molecule has 1 aliphatic carbocycles. The van der Waals surface area contributed by atoms with Gasteiger partial charge < -0.3 is 10.1 Å². The first-order valence-electron chi connectivity index (χ1n) is 3.57. The van der Waals surface area contributed by atoms with Gasteiger partial charge >= 0.3 is 0 Å². The normalized spacial score (nSPS) is 22.0. The standard InChI is InChI=1S/C7H15NO.H2/c1-3-8-7(4-5-7)6-9-2;/h8H,3-6H2,1-2H3;1H. The molecule has 0 aliphatic heterocycles. The molecule has 2 nitrogen and oxygen atoms in total. The van der Waals surface area contributed by atoms with Crippen molar-refractivity contribution in [2.45, 2.75) is 25.3 Å². The van der Waals surface area contributed by atoms with Crippen molar-refractivity contribution in [3.8, 4) is 0 Å².